The van der Waals surface area contributed by atoms with Gasteiger partial charge in [-0.1, -0.05) is 25.4 Å². The molecule has 0 bridgehead atoms. The second kappa shape index (κ2) is 6.09. The molecule has 1 aliphatic heterocycles. The monoisotopic (exact) mass is 335 g/mol. The second-order valence-electron chi connectivity index (χ2n) is 4.83. The van der Waals surface area contributed by atoms with E-state index in [1.54, 1.807) is 7.05 Å². The minimum atomic E-state index is -3.53. The summed E-state index contributed by atoms with van der Waals surface area (Å²) in [6, 6.07) is 1.45. The lowest BCUT2D eigenvalue weighted by Crippen LogP contribution is -2.43. The molecule has 2 rings (SSSR count). The van der Waals surface area contributed by atoms with Gasteiger partial charge in [0, 0.05) is 36.8 Å². The molecule has 112 valence electrons. The normalized spacial score (nSPS) is 24.6. The van der Waals surface area contributed by atoms with Crippen molar-refractivity contribution in [3.8, 4) is 0 Å². The number of rotatable bonds is 3. The van der Waals surface area contributed by atoms with Gasteiger partial charge >= 0.3 is 0 Å². The standard InChI is InChI=1S/C12H18ClN3O2S2/c1-8-6-16(7-9(2)19-8)20(17,18)10-4-11(13)12(14-3)15-5-10/h4-5,8-9H,6-7H2,1-3H3,(H,14,15). The van der Waals surface area contributed by atoms with Crippen LogP contribution in [0.15, 0.2) is 17.2 Å². The van der Waals surface area contributed by atoms with E-state index in [1.807, 2.05) is 25.6 Å². The van der Waals surface area contributed by atoms with Crippen molar-refractivity contribution in [1.82, 2.24) is 9.29 Å². The van der Waals surface area contributed by atoms with Crippen LogP contribution in [0.2, 0.25) is 5.02 Å². The summed E-state index contributed by atoms with van der Waals surface area (Å²) in [4.78, 5) is 4.19. The Kier molecular flexibility index (Phi) is 4.84. The van der Waals surface area contributed by atoms with Crippen LogP contribution >= 0.6 is 23.4 Å². The molecule has 0 aromatic carbocycles. The first kappa shape index (κ1) is 15.9. The van der Waals surface area contributed by atoms with E-state index in [0.29, 0.717) is 23.9 Å². The molecular weight excluding hydrogens is 318 g/mol. The highest BCUT2D eigenvalue weighted by Gasteiger charge is 2.32. The Morgan fingerprint density at radius 3 is 2.50 bits per heavy atom. The second-order valence-corrected chi connectivity index (χ2v) is 9.06. The number of thioether (sulfide) groups is 1. The zero-order valence-electron chi connectivity index (χ0n) is 11.6. The zero-order valence-corrected chi connectivity index (χ0v) is 14.0. The topological polar surface area (TPSA) is 62.3 Å². The quantitative estimate of drug-likeness (QED) is 0.918. The average molecular weight is 336 g/mol. The average Bonchev–Trinajstić information content (AvgIpc) is 2.37. The molecule has 1 aliphatic rings. The third-order valence-electron chi connectivity index (χ3n) is 3.08. The van der Waals surface area contributed by atoms with Crippen LogP contribution in [-0.4, -0.2) is 48.3 Å². The molecule has 0 radical (unpaired) electrons. The van der Waals surface area contributed by atoms with Gasteiger partial charge in [-0.15, -0.1) is 0 Å². The zero-order chi connectivity index (χ0) is 14.9. The largest absolute Gasteiger partial charge is 0.372 e. The first-order valence-electron chi connectivity index (χ1n) is 6.33. The molecule has 20 heavy (non-hydrogen) atoms. The van der Waals surface area contributed by atoms with Gasteiger partial charge in [-0.3, -0.25) is 0 Å². The van der Waals surface area contributed by atoms with E-state index in [0.717, 1.165) is 0 Å². The van der Waals surface area contributed by atoms with Crippen LogP contribution in [0, 0.1) is 0 Å². The van der Waals surface area contributed by atoms with Crippen molar-refractivity contribution < 1.29 is 8.42 Å². The predicted molar refractivity (Wildman–Crippen MR) is 84.1 cm³/mol. The Morgan fingerprint density at radius 2 is 2.00 bits per heavy atom. The maximum Gasteiger partial charge on any atom is 0.244 e. The Balaban J connectivity index is 2.32. The number of hydrogen-bond acceptors (Lipinski definition) is 5. The van der Waals surface area contributed by atoms with Gasteiger partial charge in [-0.25, -0.2) is 13.4 Å². The van der Waals surface area contributed by atoms with Crippen molar-refractivity contribution in [2.24, 2.45) is 0 Å². The van der Waals surface area contributed by atoms with Gasteiger partial charge in [0.2, 0.25) is 10.0 Å². The van der Waals surface area contributed by atoms with Crippen LogP contribution in [0.4, 0.5) is 5.82 Å². The molecule has 1 saturated heterocycles. The summed E-state index contributed by atoms with van der Waals surface area (Å²) >= 11 is 7.83. The van der Waals surface area contributed by atoms with Crippen molar-refractivity contribution in [3.63, 3.8) is 0 Å². The molecular formula is C12H18ClN3O2S2. The Labute approximate surface area is 129 Å². The lowest BCUT2D eigenvalue weighted by molar-refractivity contribution is 0.404. The van der Waals surface area contributed by atoms with Crippen molar-refractivity contribution in [3.05, 3.63) is 17.3 Å². The van der Waals surface area contributed by atoms with E-state index in [1.165, 1.54) is 16.6 Å². The van der Waals surface area contributed by atoms with Crippen molar-refractivity contribution in [2.45, 2.75) is 29.2 Å². The first-order valence-corrected chi connectivity index (χ1v) is 9.09. The molecule has 2 heterocycles. The van der Waals surface area contributed by atoms with Gasteiger partial charge in [0.15, 0.2) is 0 Å². The van der Waals surface area contributed by atoms with E-state index < -0.39 is 10.0 Å². The summed E-state index contributed by atoms with van der Waals surface area (Å²) in [5.74, 6) is 0.474. The fraction of sp³-hybridized carbons (Fsp3) is 0.583. The third-order valence-corrected chi connectivity index (χ3v) is 6.39. The number of hydrogen-bond donors (Lipinski definition) is 1. The predicted octanol–water partition coefficient (Wildman–Crippen LogP) is 2.29. The van der Waals surface area contributed by atoms with Crippen molar-refractivity contribution in [1.29, 1.82) is 0 Å². The molecule has 1 fully saturated rings. The van der Waals surface area contributed by atoms with Crippen LogP contribution in [0.3, 0.4) is 0 Å². The Hall–Kier alpha value is -0.500. The van der Waals surface area contributed by atoms with Crippen LogP contribution in [0.1, 0.15) is 13.8 Å². The van der Waals surface area contributed by atoms with E-state index in [-0.39, 0.29) is 15.4 Å². The fourth-order valence-corrected chi connectivity index (χ4v) is 5.65. The molecule has 1 aromatic rings. The highest BCUT2D eigenvalue weighted by atomic mass is 35.5. The van der Waals surface area contributed by atoms with Crippen molar-refractivity contribution in [2.75, 3.05) is 25.5 Å². The fourth-order valence-electron chi connectivity index (χ4n) is 2.22. The summed E-state index contributed by atoms with van der Waals surface area (Å²) in [7, 11) is -1.84. The highest BCUT2D eigenvalue weighted by Crippen LogP contribution is 2.30. The smallest absolute Gasteiger partial charge is 0.244 e. The summed E-state index contributed by atoms with van der Waals surface area (Å²) in [6.45, 7) is 5.11. The number of aromatic nitrogens is 1. The van der Waals surface area contributed by atoms with Gasteiger partial charge in [-0.05, 0) is 6.07 Å². The molecule has 2 unspecified atom stereocenters. The van der Waals surface area contributed by atoms with Crippen LogP contribution in [0.25, 0.3) is 0 Å². The molecule has 5 nitrogen and oxygen atoms in total. The summed E-state index contributed by atoms with van der Waals surface area (Å²) in [5, 5.41) is 3.69. The Bertz CT molecular complexity index is 584. The molecule has 0 amide bonds. The van der Waals surface area contributed by atoms with Gasteiger partial charge in [0.25, 0.3) is 0 Å². The third kappa shape index (κ3) is 3.21. The SMILES string of the molecule is CNc1ncc(S(=O)(=O)N2CC(C)SC(C)C2)cc1Cl. The minimum Gasteiger partial charge on any atom is -0.372 e. The summed E-state index contributed by atoms with van der Waals surface area (Å²) in [5.41, 5.74) is 0. The summed E-state index contributed by atoms with van der Waals surface area (Å²) < 4.78 is 26.8. The van der Waals surface area contributed by atoms with Crippen LogP contribution in [0.5, 0.6) is 0 Å². The van der Waals surface area contributed by atoms with E-state index in [4.69, 9.17) is 11.6 Å². The molecule has 8 heteroatoms. The Morgan fingerprint density at radius 1 is 1.40 bits per heavy atom. The number of nitrogens with zero attached hydrogens (tertiary/aromatic N) is 2. The number of pyridine rings is 1. The number of sulfonamides is 1. The highest BCUT2D eigenvalue weighted by molar-refractivity contribution is 8.00. The molecule has 0 spiro atoms. The maximum atomic E-state index is 12.6. The first-order chi connectivity index (χ1) is 9.34. The number of anilines is 1. The maximum absolute atomic E-state index is 12.6. The van der Waals surface area contributed by atoms with Gasteiger partial charge in [-0.2, -0.15) is 16.1 Å². The number of halogens is 1. The summed E-state index contributed by atoms with van der Waals surface area (Å²) in [6.07, 6.45) is 1.35. The van der Waals surface area contributed by atoms with Gasteiger partial charge < -0.3 is 5.32 Å². The lowest BCUT2D eigenvalue weighted by atomic mass is 10.4. The molecule has 0 saturated carbocycles. The van der Waals surface area contributed by atoms with E-state index in [2.05, 4.69) is 10.3 Å². The van der Waals surface area contributed by atoms with Crippen LogP contribution < -0.4 is 5.32 Å². The molecule has 1 aromatic heterocycles. The minimum absolute atomic E-state index is 0.146. The molecule has 2 atom stereocenters. The van der Waals surface area contributed by atoms with Crippen molar-refractivity contribution >= 4 is 39.2 Å². The number of nitrogens with one attached hydrogen (secondary N) is 1. The van der Waals surface area contributed by atoms with Crippen LogP contribution in [-0.2, 0) is 10.0 Å². The molecule has 1 N–H and O–H groups in total. The lowest BCUT2D eigenvalue weighted by Gasteiger charge is -2.33. The molecule has 0 aliphatic carbocycles. The van der Waals surface area contributed by atoms with E-state index in [9.17, 15) is 8.42 Å². The van der Waals surface area contributed by atoms with Gasteiger partial charge in [0.1, 0.15) is 10.7 Å². The van der Waals surface area contributed by atoms with Gasteiger partial charge in [0.05, 0.1) is 5.02 Å². The van der Waals surface area contributed by atoms with E-state index >= 15 is 0 Å².